The van der Waals surface area contributed by atoms with Crippen LogP contribution in [-0.2, 0) is 0 Å². The zero-order valence-corrected chi connectivity index (χ0v) is 9.53. The lowest BCUT2D eigenvalue weighted by molar-refractivity contribution is -0.385. The van der Waals surface area contributed by atoms with Gasteiger partial charge < -0.3 is 9.84 Å². The molecule has 2 aromatic rings. The van der Waals surface area contributed by atoms with Crippen LogP contribution < -0.4 is 4.74 Å². The van der Waals surface area contributed by atoms with Gasteiger partial charge in [0.2, 0.25) is 5.88 Å². The van der Waals surface area contributed by atoms with Crippen molar-refractivity contribution in [3.05, 3.63) is 52.2 Å². The predicted octanol–water partition coefficient (Wildman–Crippen LogP) is 2.80. The second-order valence-electron chi connectivity index (χ2n) is 3.66. The van der Waals surface area contributed by atoms with Gasteiger partial charge in [0.1, 0.15) is 17.7 Å². The molecular weight excluding hydrogens is 236 g/mol. The number of pyridine rings is 1. The summed E-state index contributed by atoms with van der Waals surface area (Å²) < 4.78 is 5.40. The van der Waals surface area contributed by atoms with Gasteiger partial charge in [-0.1, -0.05) is 0 Å². The first-order valence-corrected chi connectivity index (χ1v) is 5.14. The highest BCUT2D eigenvalue weighted by atomic mass is 16.6. The van der Waals surface area contributed by atoms with Crippen LogP contribution in [0.3, 0.4) is 0 Å². The van der Waals surface area contributed by atoms with Gasteiger partial charge in [-0.25, -0.2) is 4.98 Å². The van der Waals surface area contributed by atoms with Gasteiger partial charge in [0.05, 0.1) is 4.92 Å². The highest BCUT2D eigenvalue weighted by Gasteiger charge is 2.12. The molecule has 0 atom stereocenters. The van der Waals surface area contributed by atoms with E-state index < -0.39 is 4.92 Å². The molecule has 6 heteroatoms. The van der Waals surface area contributed by atoms with Crippen LogP contribution in [0.15, 0.2) is 36.5 Å². The van der Waals surface area contributed by atoms with E-state index in [1.165, 1.54) is 18.2 Å². The molecule has 0 unspecified atom stereocenters. The molecule has 92 valence electrons. The second kappa shape index (κ2) is 4.70. The molecule has 0 saturated carbocycles. The number of aryl methyl sites for hydroxylation is 1. The van der Waals surface area contributed by atoms with Crippen molar-refractivity contribution in [3.8, 4) is 17.4 Å². The lowest BCUT2D eigenvalue weighted by atomic mass is 10.2. The maximum atomic E-state index is 10.6. The minimum atomic E-state index is -0.493. The third-order valence-corrected chi connectivity index (χ3v) is 2.31. The van der Waals surface area contributed by atoms with Crippen LogP contribution in [0, 0.1) is 17.0 Å². The number of aromatic hydroxyl groups is 1. The molecule has 0 bridgehead atoms. The van der Waals surface area contributed by atoms with E-state index in [4.69, 9.17) is 9.84 Å². The normalized spacial score (nSPS) is 10.1. The minimum Gasteiger partial charge on any atom is -0.508 e. The zero-order valence-electron chi connectivity index (χ0n) is 9.53. The van der Waals surface area contributed by atoms with Gasteiger partial charge in [-0.05, 0) is 31.2 Å². The number of phenolic OH excluding ortho intramolecular Hbond substituents is 1. The number of rotatable bonds is 3. The Labute approximate surface area is 103 Å². The topological polar surface area (TPSA) is 85.5 Å². The maximum Gasteiger partial charge on any atom is 0.290 e. The Kier molecular flexibility index (Phi) is 3.09. The number of phenols is 1. The van der Waals surface area contributed by atoms with Crippen LogP contribution in [0.1, 0.15) is 5.56 Å². The van der Waals surface area contributed by atoms with E-state index in [-0.39, 0.29) is 17.3 Å². The van der Waals surface area contributed by atoms with Gasteiger partial charge in [-0.2, -0.15) is 0 Å². The van der Waals surface area contributed by atoms with E-state index in [1.807, 2.05) is 0 Å². The van der Waals surface area contributed by atoms with Crippen molar-refractivity contribution in [2.75, 3.05) is 0 Å². The third-order valence-electron chi connectivity index (χ3n) is 2.31. The number of benzene rings is 1. The van der Waals surface area contributed by atoms with Crippen LogP contribution in [0.5, 0.6) is 17.4 Å². The van der Waals surface area contributed by atoms with E-state index in [2.05, 4.69) is 4.98 Å². The Morgan fingerprint density at radius 2 is 2.00 bits per heavy atom. The zero-order chi connectivity index (χ0) is 13.1. The Bertz CT molecular complexity index is 581. The van der Waals surface area contributed by atoms with Crippen molar-refractivity contribution in [1.29, 1.82) is 0 Å². The van der Waals surface area contributed by atoms with E-state index in [9.17, 15) is 10.1 Å². The molecule has 6 nitrogen and oxygen atoms in total. The fourth-order valence-corrected chi connectivity index (χ4v) is 1.40. The number of nitro groups is 1. The summed E-state index contributed by atoms with van der Waals surface area (Å²) in [6.07, 6.45) is 1.16. The Morgan fingerprint density at radius 1 is 1.33 bits per heavy atom. The SMILES string of the molecule is Cc1cc(Oc2ccc(O)cc2)ncc1[N+](=O)[O-]. The molecular formula is C12H10N2O4. The Balaban J connectivity index is 2.22. The molecule has 1 heterocycles. The van der Waals surface area contributed by atoms with E-state index in [0.717, 1.165) is 6.20 Å². The van der Waals surface area contributed by atoms with Crippen LogP contribution in [-0.4, -0.2) is 15.0 Å². The smallest absolute Gasteiger partial charge is 0.290 e. The quantitative estimate of drug-likeness (QED) is 0.664. The van der Waals surface area contributed by atoms with Crippen LogP contribution in [0.2, 0.25) is 0 Å². The van der Waals surface area contributed by atoms with E-state index >= 15 is 0 Å². The Morgan fingerprint density at radius 3 is 2.56 bits per heavy atom. The molecule has 0 aliphatic carbocycles. The largest absolute Gasteiger partial charge is 0.508 e. The molecule has 1 aromatic carbocycles. The molecule has 0 aliphatic rings. The minimum absolute atomic E-state index is 0.0481. The number of hydrogen-bond donors (Lipinski definition) is 1. The maximum absolute atomic E-state index is 10.6. The summed E-state index contributed by atoms with van der Waals surface area (Å²) in [5.74, 6) is 0.896. The molecule has 2 rings (SSSR count). The number of aromatic nitrogens is 1. The number of ether oxygens (including phenoxy) is 1. The first kappa shape index (κ1) is 11.8. The van der Waals surface area contributed by atoms with Gasteiger partial charge in [-0.15, -0.1) is 0 Å². The molecule has 1 aromatic heterocycles. The fraction of sp³-hybridized carbons (Fsp3) is 0.0833. The monoisotopic (exact) mass is 246 g/mol. The molecule has 0 spiro atoms. The first-order chi connectivity index (χ1) is 8.56. The third kappa shape index (κ3) is 2.54. The summed E-state index contributed by atoms with van der Waals surface area (Å²) in [6.45, 7) is 1.61. The van der Waals surface area contributed by atoms with E-state index in [1.54, 1.807) is 19.1 Å². The van der Waals surface area contributed by atoms with Crippen molar-refractivity contribution >= 4 is 5.69 Å². The standard InChI is InChI=1S/C12H10N2O4/c1-8-6-12(13-7-11(8)14(16)17)18-10-4-2-9(15)3-5-10/h2-7,15H,1H3. The van der Waals surface area contributed by atoms with Crippen molar-refractivity contribution in [2.24, 2.45) is 0 Å². The van der Waals surface area contributed by atoms with Crippen LogP contribution in [0.25, 0.3) is 0 Å². The van der Waals surface area contributed by atoms with Gasteiger partial charge in [0.25, 0.3) is 5.69 Å². The summed E-state index contributed by atoms with van der Waals surface area (Å²) in [4.78, 5) is 14.0. The van der Waals surface area contributed by atoms with Crippen LogP contribution >= 0.6 is 0 Å². The summed E-state index contributed by atoms with van der Waals surface area (Å²) in [7, 11) is 0. The molecule has 0 fully saturated rings. The number of hydrogen-bond acceptors (Lipinski definition) is 5. The summed E-state index contributed by atoms with van der Waals surface area (Å²) in [5, 5.41) is 19.7. The lowest BCUT2D eigenvalue weighted by Gasteiger charge is -2.05. The highest BCUT2D eigenvalue weighted by Crippen LogP contribution is 2.25. The average Bonchev–Trinajstić information content (AvgIpc) is 2.32. The second-order valence-corrected chi connectivity index (χ2v) is 3.66. The van der Waals surface area contributed by atoms with Gasteiger partial charge in [-0.3, -0.25) is 10.1 Å². The summed E-state index contributed by atoms with van der Waals surface area (Å²) >= 11 is 0. The van der Waals surface area contributed by atoms with Crippen molar-refractivity contribution in [1.82, 2.24) is 4.98 Å². The van der Waals surface area contributed by atoms with Crippen molar-refractivity contribution < 1.29 is 14.8 Å². The molecule has 0 amide bonds. The average molecular weight is 246 g/mol. The van der Waals surface area contributed by atoms with Crippen LogP contribution in [0.4, 0.5) is 5.69 Å². The molecule has 0 radical (unpaired) electrons. The summed E-state index contributed by atoms with van der Waals surface area (Å²) in [5.41, 5.74) is 0.428. The molecule has 1 N–H and O–H groups in total. The predicted molar refractivity (Wildman–Crippen MR) is 63.8 cm³/mol. The fourth-order valence-electron chi connectivity index (χ4n) is 1.40. The van der Waals surface area contributed by atoms with Gasteiger partial charge in [0.15, 0.2) is 0 Å². The molecule has 18 heavy (non-hydrogen) atoms. The highest BCUT2D eigenvalue weighted by molar-refractivity contribution is 5.40. The van der Waals surface area contributed by atoms with Crippen molar-refractivity contribution in [3.63, 3.8) is 0 Å². The lowest BCUT2D eigenvalue weighted by Crippen LogP contribution is -1.95. The Hall–Kier alpha value is -2.63. The molecule has 0 aliphatic heterocycles. The van der Waals surface area contributed by atoms with Gasteiger partial charge >= 0.3 is 0 Å². The first-order valence-electron chi connectivity index (χ1n) is 5.14. The number of nitrogens with zero attached hydrogens (tertiary/aromatic N) is 2. The van der Waals surface area contributed by atoms with E-state index in [0.29, 0.717) is 11.3 Å². The summed E-state index contributed by atoms with van der Waals surface area (Å²) in [6, 6.07) is 7.60. The molecule has 0 saturated heterocycles. The van der Waals surface area contributed by atoms with Gasteiger partial charge in [0, 0.05) is 11.6 Å². The van der Waals surface area contributed by atoms with Crippen molar-refractivity contribution in [2.45, 2.75) is 6.92 Å².